The molecule has 0 aliphatic carbocycles. The van der Waals surface area contributed by atoms with Crippen LogP contribution in [0.2, 0.25) is 0 Å². The van der Waals surface area contributed by atoms with Crippen molar-refractivity contribution in [2.45, 2.75) is 18.9 Å². The van der Waals surface area contributed by atoms with E-state index in [1.165, 1.54) is 0 Å². The van der Waals surface area contributed by atoms with Crippen molar-refractivity contribution in [1.82, 2.24) is 5.32 Å². The van der Waals surface area contributed by atoms with E-state index in [1.54, 1.807) is 30.3 Å². The summed E-state index contributed by atoms with van der Waals surface area (Å²) < 4.78 is 5.20. The molecule has 2 atom stereocenters. The van der Waals surface area contributed by atoms with Gasteiger partial charge in [0, 0.05) is 19.6 Å². The number of aliphatic carboxylic acids is 1. The number of carbonyl (C=O) groups is 2. The topological polar surface area (TPSA) is 75.6 Å². The van der Waals surface area contributed by atoms with Gasteiger partial charge in [0.2, 0.25) is 5.91 Å². The van der Waals surface area contributed by atoms with Crippen LogP contribution in [0.15, 0.2) is 30.3 Å². The van der Waals surface area contributed by atoms with Crippen molar-refractivity contribution in [2.75, 3.05) is 13.2 Å². The normalized spacial score (nSPS) is 19.9. The zero-order valence-electron chi connectivity index (χ0n) is 10.5. The van der Waals surface area contributed by atoms with Gasteiger partial charge in [0.05, 0.1) is 0 Å². The maximum atomic E-state index is 11.9. The molecule has 1 fully saturated rings. The number of benzene rings is 1. The maximum Gasteiger partial charge on any atom is 0.330 e. The second kappa shape index (κ2) is 6.33. The van der Waals surface area contributed by atoms with Crippen LogP contribution in [0.5, 0.6) is 0 Å². The van der Waals surface area contributed by atoms with Crippen molar-refractivity contribution < 1.29 is 19.4 Å². The second-order valence-electron chi connectivity index (χ2n) is 4.68. The van der Waals surface area contributed by atoms with Crippen molar-refractivity contribution >= 4 is 11.9 Å². The van der Waals surface area contributed by atoms with Gasteiger partial charge < -0.3 is 15.2 Å². The number of amides is 1. The monoisotopic (exact) mass is 263 g/mol. The minimum absolute atomic E-state index is 0.199. The Hall–Kier alpha value is -1.88. The number of ether oxygens (including phenoxy) is 1. The number of carboxylic acid groups (broad SMARTS) is 1. The van der Waals surface area contributed by atoms with Gasteiger partial charge in [-0.2, -0.15) is 0 Å². The standard InChI is InChI=1S/C14H17NO4/c16-12(8-10-6-7-19-9-10)15-13(14(17)18)11-4-2-1-3-5-11/h1-5,10,13H,6-9H2,(H,15,16)(H,17,18). The fourth-order valence-corrected chi connectivity index (χ4v) is 2.16. The van der Waals surface area contributed by atoms with Crippen LogP contribution >= 0.6 is 0 Å². The lowest BCUT2D eigenvalue weighted by atomic mass is 10.0. The zero-order chi connectivity index (χ0) is 13.7. The van der Waals surface area contributed by atoms with Gasteiger partial charge in [-0.1, -0.05) is 30.3 Å². The van der Waals surface area contributed by atoms with Gasteiger partial charge in [-0.15, -0.1) is 0 Å². The summed E-state index contributed by atoms with van der Waals surface area (Å²) >= 11 is 0. The van der Waals surface area contributed by atoms with Crippen LogP contribution in [0, 0.1) is 5.92 Å². The Balaban J connectivity index is 1.97. The first kappa shape index (κ1) is 13.5. The van der Waals surface area contributed by atoms with E-state index >= 15 is 0 Å². The largest absolute Gasteiger partial charge is 0.479 e. The van der Waals surface area contributed by atoms with Crippen LogP contribution in [0.4, 0.5) is 0 Å². The minimum atomic E-state index is -1.05. The highest BCUT2D eigenvalue weighted by Crippen LogP contribution is 2.18. The summed E-state index contributed by atoms with van der Waals surface area (Å²) in [6.07, 6.45) is 1.17. The summed E-state index contributed by atoms with van der Waals surface area (Å²) in [5.41, 5.74) is 0.575. The van der Waals surface area contributed by atoms with Crippen molar-refractivity contribution in [1.29, 1.82) is 0 Å². The molecule has 1 aromatic carbocycles. The molecular weight excluding hydrogens is 246 g/mol. The average Bonchev–Trinajstić information content (AvgIpc) is 2.89. The lowest BCUT2D eigenvalue weighted by molar-refractivity contribution is -0.142. The average molecular weight is 263 g/mol. The van der Waals surface area contributed by atoms with Crippen LogP contribution < -0.4 is 5.32 Å². The SMILES string of the molecule is O=C(CC1CCOC1)NC(C(=O)O)c1ccccc1. The summed E-state index contributed by atoms with van der Waals surface area (Å²) in [5, 5.41) is 11.8. The minimum Gasteiger partial charge on any atom is -0.479 e. The summed E-state index contributed by atoms with van der Waals surface area (Å²) in [6, 6.07) is 7.70. The molecule has 5 nitrogen and oxygen atoms in total. The zero-order valence-corrected chi connectivity index (χ0v) is 10.5. The Morgan fingerprint density at radius 3 is 2.68 bits per heavy atom. The van der Waals surface area contributed by atoms with E-state index in [9.17, 15) is 14.7 Å². The molecule has 0 radical (unpaired) electrons. The van der Waals surface area contributed by atoms with Crippen molar-refractivity contribution in [2.24, 2.45) is 5.92 Å². The van der Waals surface area contributed by atoms with E-state index in [4.69, 9.17) is 4.74 Å². The van der Waals surface area contributed by atoms with Gasteiger partial charge in [-0.3, -0.25) is 4.79 Å². The molecule has 1 saturated heterocycles. The Kier molecular flexibility index (Phi) is 4.52. The van der Waals surface area contributed by atoms with E-state index < -0.39 is 12.0 Å². The highest BCUT2D eigenvalue weighted by atomic mass is 16.5. The number of hydrogen-bond acceptors (Lipinski definition) is 3. The van der Waals surface area contributed by atoms with Gasteiger partial charge in [0.25, 0.3) is 0 Å². The lowest BCUT2D eigenvalue weighted by Gasteiger charge is -2.16. The first-order valence-electron chi connectivity index (χ1n) is 6.31. The molecule has 2 N–H and O–H groups in total. The quantitative estimate of drug-likeness (QED) is 0.841. The molecule has 102 valence electrons. The lowest BCUT2D eigenvalue weighted by Crippen LogP contribution is -2.34. The molecule has 0 spiro atoms. The molecule has 0 aromatic heterocycles. The Morgan fingerprint density at radius 2 is 2.11 bits per heavy atom. The second-order valence-corrected chi connectivity index (χ2v) is 4.68. The number of carbonyl (C=O) groups excluding carboxylic acids is 1. The molecule has 2 rings (SSSR count). The van der Waals surface area contributed by atoms with E-state index in [0.29, 0.717) is 25.2 Å². The molecule has 1 amide bonds. The molecule has 1 aliphatic rings. The molecular formula is C14H17NO4. The molecule has 2 unspecified atom stereocenters. The smallest absolute Gasteiger partial charge is 0.330 e. The van der Waals surface area contributed by atoms with Gasteiger partial charge in [0.1, 0.15) is 0 Å². The molecule has 1 heterocycles. The van der Waals surface area contributed by atoms with Crippen LogP contribution in [0.3, 0.4) is 0 Å². The van der Waals surface area contributed by atoms with Crippen LogP contribution in [0.1, 0.15) is 24.4 Å². The Morgan fingerprint density at radius 1 is 1.37 bits per heavy atom. The Bertz CT molecular complexity index is 440. The first-order valence-corrected chi connectivity index (χ1v) is 6.31. The van der Waals surface area contributed by atoms with Gasteiger partial charge in [0.15, 0.2) is 6.04 Å². The highest BCUT2D eigenvalue weighted by molar-refractivity contribution is 5.84. The molecule has 0 saturated carbocycles. The summed E-state index contributed by atoms with van der Waals surface area (Å²) in [7, 11) is 0. The number of carboxylic acids is 1. The maximum absolute atomic E-state index is 11.9. The van der Waals surface area contributed by atoms with Gasteiger partial charge in [-0.05, 0) is 17.9 Å². The summed E-state index contributed by atoms with van der Waals surface area (Å²) in [6.45, 7) is 1.26. The van der Waals surface area contributed by atoms with Gasteiger partial charge in [-0.25, -0.2) is 4.79 Å². The fraction of sp³-hybridized carbons (Fsp3) is 0.429. The van der Waals surface area contributed by atoms with E-state index in [0.717, 1.165) is 6.42 Å². The third-order valence-electron chi connectivity index (χ3n) is 3.18. The predicted molar refractivity (Wildman–Crippen MR) is 68.5 cm³/mol. The predicted octanol–water partition coefficient (Wildman–Crippen LogP) is 1.36. The van der Waals surface area contributed by atoms with Crippen LogP contribution in [0.25, 0.3) is 0 Å². The third kappa shape index (κ3) is 3.79. The number of hydrogen-bond donors (Lipinski definition) is 2. The van der Waals surface area contributed by atoms with E-state index in [1.807, 2.05) is 0 Å². The van der Waals surface area contributed by atoms with E-state index in [-0.39, 0.29) is 11.8 Å². The number of rotatable bonds is 5. The molecule has 1 aliphatic heterocycles. The fourth-order valence-electron chi connectivity index (χ4n) is 2.16. The summed E-state index contributed by atoms with van der Waals surface area (Å²) in [5.74, 6) is -1.10. The van der Waals surface area contributed by atoms with E-state index in [2.05, 4.69) is 5.32 Å². The molecule has 1 aromatic rings. The van der Waals surface area contributed by atoms with Crippen molar-refractivity contribution in [3.63, 3.8) is 0 Å². The number of nitrogens with one attached hydrogen (secondary N) is 1. The van der Waals surface area contributed by atoms with Crippen LogP contribution in [-0.4, -0.2) is 30.2 Å². The third-order valence-corrected chi connectivity index (χ3v) is 3.18. The molecule has 0 bridgehead atoms. The summed E-state index contributed by atoms with van der Waals surface area (Å²) in [4.78, 5) is 23.1. The Labute approximate surface area is 111 Å². The van der Waals surface area contributed by atoms with Gasteiger partial charge >= 0.3 is 5.97 Å². The van der Waals surface area contributed by atoms with Crippen molar-refractivity contribution in [3.05, 3.63) is 35.9 Å². The molecule has 5 heteroatoms. The van der Waals surface area contributed by atoms with Crippen molar-refractivity contribution in [3.8, 4) is 0 Å². The highest BCUT2D eigenvalue weighted by Gasteiger charge is 2.24. The molecule has 19 heavy (non-hydrogen) atoms. The first-order chi connectivity index (χ1) is 9.16. The van der Waals surface area contributed by atoms with Crippen LogP contribution in [-0.2, 0) is 14.3 Å².